The van der Waals surface area contributed by atoms with E-state index in [4.69, 9.17) is 16.9 Å². The summed E-state index contributed by atoms with van der Waals surface area (Å²) < 4.78 is 1.77. The van der Waals surface area contributed by atoms with Crippen molar-refractivity contribution in [3.63, 3.8) is 0 Å². The maximum absolute atomic E-state index is 8.76. The van der Waals surface area contributed by atoms with Crippen LogP contribution >= 0.6 is 11.6 Å². The molecule has 0 radical (unpaired) electrons. The Morgan fingerprint density at radius 1 is 1.25 bits per heavy atom. The average molecular weight is 285 g/mol. The monoisotopic (exact) mass is 284 g/mol. The highest BCUT2D eigenvalue weighted by molar-refractivity contribution is 6.33. The lowest BCUT2D eigenvalue weighted by Gasteiger charge is -2.05. The molecule has 0 aliphatic heterocycles. The standard InChI is InChI=1S/C13H9ClN6/c1-20-7-16-10-11(14)18-13(19-12(10)20)17-9-4-2-8(6-15)3-5-9/h2-5,7H,1H3,(H,17,18,19). The van der Waals surface area contributed by atoms with Crippen molar-refractivity contribution >= 4 is 34.4 Å². The van der Waals surface area contributed by atoms with Crippen LogP contribution < -0.4 is 5.32 Å². The second-order valence-electron chi connectivity index (χ2n) is 4.18. The molecule has 1 aromatic carbocycles. The Kier molecular flexibility index (Phi) is 2.97. The molecule has 0 saturated carbocycles. The van der Waals surface area contributed by atoms with E-state index in [1.54, 1.807) is 35.2 Å². The van der Waals surface area contributed by atoms with Gasteiger partial charge < -0.3 is 9.88 Å². The van der Waals surface area contributed by atoms with E-state index < -0.39 is 0 Å². The van der Waals surface area contributed by atoms with Gasteiger partial charge in [-0.25, -0.2) is 4.98 Å². The molecule has 0 amide bonds. The highest BCUT2D eigenvalue weighted by atomic mass is 35.5. The van der Waals surface area contributed by atoms with Gasteiger partial charge >= 0.3 is 0 Å². The first-order chi connectivity index (χ1) is 9.67. The van der Waals surface area contributed by atoms with Gasteiger partial charge in [-0.1, -0.05) is 11.6 Å². The molecular formula is C13H9ClN6. The summed E-state index contributed by atoms with van der Waals surface area (Å²) >= 11 is 6.08. The summed E-state index contributed by atoms with van der Waals surface area (Å²) in [4.78, 5) is 12.6. The Balaban J connectivity index is 1.97. The second-order valence-corrected chi connectivity index (χ2v) is 4.54. The van der Waals surface area contributed by atoms with Gasteiger partial charge in [0.25, 0.3) is 0 Å². The molecule has 6 nitrogen and oxygen atoms in total. The van der Waals surface area contributed by atoms with Crippen LogP contribution in [-0.2, 0) is 7.05 Å². The number of halogens is 1. The summed E-state index contributed by atoms with van der Waals surface area (Å²) in [6.45, 7) is 0. The molecule has 0 unspecified atom stereocenters. The van der Waals surface area contributed by atoms with Crippen molar-refractivity contribution in [2.45, 2.75) is 0 Å². The Hall–Kier alpha value is -2.65. The predicted molar refractivity (Wildman–Crippen MR) is 75.8 cm³/mol. The minimum Gasteiger partial charge on any atom is -0.324 e. The van der Waals surface area contributed by atoms with Crippen LogP contribution in [0.5, 0.6) is 0 Å². The van der Waals surface area contributed by atoms with Gasteiger partial charge in [-0.15, -0.1) is 0 Å². The third kappa shape index (κ3) is 2.15. The number of imidazole rings is 1. The topological polar surface area (TPSA) is 79.4 Å². The third-order valence-corrected chi connectivity index (χ3v) is 3.05. The molecular weight excluding hydrogens is 276 g/mol. The Morgan fingerprint density at radius 3 is 2.70 bits per heavy atom. The van der Waals surface area contributed by atoms with E-state index in [1.807, 2.05) is 7.05 Å². The Bertz CT molecular complexity index is 815. The Labute approximate surface area is 119 Å². The van der Waals surface area contributed by atoms with Crippen LogP contribution in [-0.4, -0.2) is 19.5 Å². The van der Waals surface area contributed by atoms with Gasteiger partial charge in [0.2, 0.25) is 5.95 Å². The molecule has 0 aliphatic carbocycles. The zero-order chi connectivity index (χ0) is 14.1. The van der Waals surface area contributed by atoms with Crippen LogP contribution in [0.2, 0.25) is 5.15 Å². The van der Waals surface area contributed by atoms with Crippen LogP contribution in [0.1, 0.15) is 5.56 Å². The molecule has 1 N–H and O–H groups in total. The molecule has 0 fully saturated rings. The van der Waals surface area contributed by atoms with E-state index >= 15 is 0 Å². The largest absolute Gasteiger partial charge is 0.324 e. The van der Waals surface area contributed by atoms with Gasteiger partial charge in [0, 0.05) is 12.7 Å². The number of anilines is 2. The average Bonchev–Trinajstić information content (AvgIpc) is 2.82. The maximum Gasteiger partial charge on any atom is 0.230 e. The van der Waals surface area contributed by atoms with E-state index in [2.05, 4.69) is 26.3 Å². The molecule has 2 aromatic heterocycles. The van der Waals surface area contributed by atoms with Crippen molar-refractivity contribution in [2.24, 2.45) is 7.05 Å². The number of nitrogens with zero attached hydrogens (tertiary/aromatic N) is 5. The number of fused-ring (bicyclic) bond motifs is 1. The summed E-state index contributed by atoms with van der Waals surface area (Å²) in [6.07, 6.45) is 1.64. The predicted octanol–water partition coefficient (Wildman–Crippen LogP) is 2.63. The first-order valence-electron chi connectivity index (χ1n) is 5.79. The summed E-state index contributed by atoms with van der Waals surface area (Å²) in [6, 6.07) is 9.06. The van der Waals surface area contributed by atoms with Crippen molar-refractivity contribution in [1.29, 1.82) is 5.26 Å². The van der Waals surface area contributed by atoms with Gasteiger partial charge in [-0.05, 0) is 24.3 Å². The van der Waals surface area contributed by atoms with Crippen molar-refractivity contribution in [3.05, 3.63) is 41.3 Å². The van der Waals surface area contributed by atoms with E-state index in [0.717, 1.165) is 5.69 Å². The van der Waals surface area contributed by atoms with Crippen LogP contribution in [0.15, 0.2) is 30.6 Å². The molecule has 0 aliphatic rings. The fourth-order valence-corrected chi connectivity index (χ4v) is 2.00. The van der Waals surface area contributed by atoms with E-state index in [1.165, 1.54) is 0 Å². The number of aryl methyl sites for hydroxylation is 1. The lowest BCUT2D eigenvalue weighted by molar-refractivity contribution is 0.929. The molecule has 0 atom stereocenters. The Morgan fingerprint density at radius 2 is 2.00 bits per heavy atom. The minimum atomic E-state index is 0.298. The molecule has 3 rings (SSSR count). The number of benzene rings is 1. The number of aromatic nitrogens is 4. The van der Waals surface area contributed by atoms with E-state index in [9.17, 15) is 0 Å². The van der Waals surface area contributed by atoms with E-state index in [0.29, 0.717) is 27.8 Å². The zero-order valence-electron chi connectivity index (χ0n) is 10.5. The third-order valence-electron chi connectivity index (χ3n) is 2.79. The van der Waals surface area contributed by atoms with Crippen LogP contribution in [0.3, 0.4) is 0 Å². The number of hydrogen-bond donors (Lipinski definition) is 1. The molecule has 20 heavy (non-hydrogen) atoms. The van der Waals surface area contributed by atoms with E-state index in [-0.39, 0.29) is 0 Å². The second kappa shape index (κ2) is 4.79. The van der Waals surface area contributed by atoms with Gasteiger partial charge in [-0.2, -0.15) is 15.2 Å². The van der Waals surface area contributed by atoms with Crippen molar-refractivity contribution < 1.29 is 0 Å². The normalized spacial score (nSPS) is 10.4. The van der Waals surface area contributed by atoms with Crippen LogP contribution in [0.25, 0.3) is 11.2 Å². The first-order valence-corrected chi connectivity index (χ1v) is 6.17. The zero-order valence-corrected chi connectivity index (χ0v) is 11.3. The van der Waals surface area contributed by atoms with Crippen LogP contribution in [0, 0.1) is 11.3 Å². The molecule has 98 valence electrons. The number of nitrogens with one attached hydrogen (secondary N) is 1. The lowest BCUT2D eigenvalue weighted by Crippen LogP contribution is -1.99. The van der Waals surface area contributed by atoms with Crippen LogP contribution in [0.4, 0.5) is 11.6 Å². The molecule has 0 saturated heterocycles. The van der Waals surface area contributed by atoms with Crippen molar-refractivity contribution in [3.8, 4) is 6.07 Å². The number of rotatable bonds is 2. The minimum absolute atomic E-state index is 0.298. The fraction of sp³-hybridized carbons (Fsp3) is 0.0769. The molecule has 7 heteroatoms. The highest BCUT2D eigenvalue weighted by Crippen LogP contribution is 2.22. The SMILES string of the molecule is Cn1cnc2c(Cl)nc(Nc3ccc(C#N)cc3)nc21. The molecule has 3 aromatic rings. The summed E-state index contributed by atoms with van der Waals surface area (Å²) in [7, 11) is 1.84. The summed E-state index contributed by atoms with van der Waals surface area (Å²) in [5.41, 5.74) is 2.60. The maximum atomic E-state index is 8.76. The summed E-state index contributed by atoms with van der Waals surface area (Å²) in [5, 5.41) is 12.1. The summed E-state index contributed by atoms with van der Waals surface area (Å²) in [5.74, 6) is 0.385. The highest BCUT2D eigenvalue weighted by Gasteiger charge is 2.10. The van der Waals surface area contributed by atoms with Gasteiger partial charge in [0.05, 0.1) is 18.0 Å². The molecule has 0 spiro atoms. The van der Waals surface area contributed by atoms with Gasteiger partial charge in [0.1, 0.15) is 5.52 Å². The molecule has 0 bridgehead atoms. The number of hydrogen-bond acceptors (Lipinski definition) is 5. The van der Waals surface area contributed by atoms with Gasteiger partial charge in [0.15, 0.2) is 10.8 Å². The lowest BCUT2D eigenvalue weighted by atomic mass is 10.2. The first kappa shape index (κ1) is 12.4. The quantitative estimate of drug-likeness (QED) is 0.732. The van der Waals surface area contributed by atoms with Crippen molar-refractivity contribution in [2.75, 3.05) is 5.32 Å². The number of nitriles is 1. The van der Waals surface area contributed by atoms with Gasteiger partial charge in [-0.3, -0.25) is 0 Å². The van der Waals surface area contributed by atoms with Crippen molar-refractivity contribution in [1.82, 2.24) is 19.5 Å². The molecule has 2 heterocycles. The smallest absolute Gasteiger partial charge is 0.230 e. The fourth-order valence-electron chi connectivity index (χ4n) is 1.79.